The first-order chi connectivity index (χ1) is 12.7. The van der Waals surface area contributed by atoms with Gasteiger partial charge in [0.25, 0.3) is 0 Å². The van der Waals surface area contributed by atoms with Gasteiger partial charge < -0.3 is 24.8 Å². The molecular formula is C19H24ClN3O4. The molecule has 1 atom stereocenters. The smallest absolute Gasteiger partial charge is 0.408 e. The van der Waals surface area contributed by atoms with Crippen LogP contribution in [0.2, 0.25) is 5.15 Å². The Balaban J connectivity index is 1.84. The Hall–Kier alpha value is -2.25. The van der Waals surface area contributed by atoms with Crippen LogP contribution in [0.15, 0.2) is 24.3 Å². The molecular weight excluding hydrogens is 370 g/mol. The number of amides is 1. The van der Waals surface area contributed by atoms with Crippen LogP contribution in [0.4, 0.5) is 10.6 Å². The minimum Gasteiger partial charge on any atom is -0.508 e. The first kappa shape index (κ1) is 19.5. The molecule has 0 saturated carbocycles. The molecule has 0 aliphatic carbocycles. The number of anilines is 1. The fraction of sp³-hybridized carbons (Fsp3) is 0.474. The molecule has 2 aromatic rings. The van der Waals surface area contributed by atoms with Gasteiger partial charge >= 0.3 is 6.09 Å². The third-order valence-corrected chi connectivity index (χ3v) is 4.24. The predicted octanol–water partition coefficient (Wildman–Crippen LogP) is 3.32. The Morgan fingerprint density at radius 2 is 2.19 bits per heavy atom. The lowest BCUT2D eigenvalue weighted by Gasteiger charge is -2.27. The molecule has 2 N–H and O–H groups in total. The van der Waals surface area contributed by atoms with Crippen molar-refractivity contribution in [2.45, 2.75) is 32.4 Å². The first-order valence-corrected chi connectivity index (χ1v) is 9.20. The van der Waals surface area contributed by atoms with E-state index in [0.717, 1.165) is 10.8 Å². The number of fused-ring (bicyclic) bond motifs is 1. The van der Waals surface area contributed by atoms with Crippen LogP contribution in [-0.4, -0.2) is 54.1 Å². The molecule has 1 aliphatic heterocycles. The average Bonchev–Trinajstić information content (AvgIpc) is 2.77. The number of nitrogens with zero attached hydrogens (tertiary/aromatic N) is 2. The fourth-order valence-electron chi connectivity index (χ4n) is 3.00. The Bertz CT molecular complexity index is 832. The zero-order valence-corrected chi connectivity index (χ0v) is 16.4. The van der Waals surface area contributed by atoms with Crippen molar-refractivity contribution in [2.24, 2.45) is 0 Å². The molecule has 146 valence electrons. The number of alkyl carbamates (subject to hydrolysis) is 1. The molecule has 8 heteroatoms. The van der Waals surface area contributed by atoms with Crippen molar-refractivity contribution in [3.63, 3.8) is 0 Å². The SMILES string of the molecule is CC(C)(C)OC(=O)N[C@H]1COCCN(c2nc(Cl)cc3cc(O)ccc23)C1. The molecule has 0 unspecified atom stereocenters. The highest BCUT2D eigenvalue weighted by atomic mass is 35.5. The molecule has 0 spiro atoms. The van der Waals surface area contributed by atoms with E-state index >= 15 is 0 Å². The van der Waals surface area contributed by atoms with Gasteiger partial charge in [0, 0.05) is 18.5 Å². The van der Waals surface area contributed by atoms with Crippen LogP contribution in [-0.2, 0) is 9.47 Å². The highest BCUT2D eigenvalue weighted by molar-refractivity contribution is 6.30. The van der Waals surface area contributed by atoms with Gasteiger partial charge in [-0.05, 0) is 50.4 Å². The van der Waals surface area contributed by atoms with Gasteiger partial charge in [-0.1, -0.05) is 11.6 Å². The molecule has 1 fully saturated rings. The topological polar surface area (TPSA) is 83.9 Å². The molecule has 3 rings (SSSR count). The van der Waals surface area contributed by atoms with Gasteiger partial charge in [0.2, 0.25) is 0 Å². The quantitative estimate of drug-likeness (QED) is 0.761. The van der Waals surface area contributed by atoms with Crippen molar-refractivity contribution in [3.8, 4) is 5.75 Å². The van der Waals surface area contributed by atoms with Crippen molar-refractivity contribution < 1.29 is 19.4 Å². The summed E-state index contributed by atoms with van der Waals surface area (Å²) in [4.78, 5) is 18.6. The third kappa shape index (κ3) is 5.14. The summed E-state index contributed by atoms with van der Waals surface area (Å²) in [5.74, 6) is 0.860. The lowest BCUT2D eigenvalue weighted by atomic mass is 10.1. The minimum atomic E-state index is -0.567. The zero-order valence-electron chi connectivity index (χ0n) is 15.7. The van der Waals surface area contributed by atoms with E-state index in [1.165, 1.54) is 0 Å². The number of hydrogen-bond acceptors (Lipinski definition) is 6. The minimum absolute atomic E-state index is 0.166. The molecule has 2 heterocycles. The maximum Gasteiger partial charge on any atom is 0.408 e. The summed E-state index contributed by atoms with van der Waals surface area (Å²) in [6.07, 6.45) is -0.480. The number of benzene rings is 1. The van der Waals surface area contributed by atoms with Crippen molar-refractivity contribution >= 4 is 34.3 Å². The van der Waals surface area contributed by atoms with Gasteiger partial charge in [-0.2, -0.15) is 0 Å². The van der Waals surface area contributed by atoms with Crippen LogP contribution in [0.25, 0.3) is 10.8 Å². The molecule has 1 amide bonds. The van der Waals surface area contributed by atoms with Crippen LogP contribution in [0, 0.1) is 0 Å². The number of aromatic hydroxyl groups is 1. The molecule has 27 heavy (non-hydrogen) atoms. The molecule has 1 aromatic heterocycles. The number of pyridine rings is 1. The van der Waals surface area contributed by atoms with E-state index in [1.54, 1.807) is 18.2 Å². The van der Waals surface area contributed by atoms with Crippen LogP contribution in [0.3, 0.4) is 0 Å². The van der Waals surface area contributed by atoms with Gasteiger partial charge in [0.15, 0.2) is 0 Å². The Kier molecular flexibility index (Phi) is 5.62. The van der Waals surface area contributed by atoms with Crippen LogP contribution >= 0.6 is 11.6 Å². The van der Waals surface area contributed by atoms with E-state index in [2.05, 4.69) is 10.3 Å². The van der Waals surface area contributed by atoms with Crippen LogP contribution < -0.4 is 10.2 Å². The van der Waals surface area contributed by atoms with Crippen molar-refractivity contribution in [3.05, 3.63) is 29.4 Å². The number of aromatic nitrogens is 1. The van der Waals surface area contributed by atoms with Gasteiger partial charge in [-0.3, -0.25) is 0 Å². The molecule has 1 saturated heterocycles. The van der Waals surface area contributed by atoms with Crippen LogP contribution in [0.1, 0.15) is 20.8 Å². The van der Waals surface area contributed by atoms with E-state index in [0.29, 0.717) is 37.3 Å². The number of phenolic OH excluding ortho intramolecular Hbond substituents is 1. The highest BCUT2D eigenvalue weighted by Crippen LogP contribution is 2.30. The average molecular weight is 394 g/mol. The number of halogens is 1. The number of rotatable bonds is 2. The summed E-state index contributed by atoms with van der Waals surface area (Å²) in [5.41, 5.74) is -0.567. The van der Waals surface area contributed by atoms with Gasteiger partial charge in [-0.15, -0.1) is 0 Å². The normalized spacial score (nSPS) is 18.2. The summed E-state index contributed by atoms with van der Waals surface area (Å²) in [5, 5.41) is 14.6. The highest BCUT2D eigenvalue weighted by Gasteiger charge is 2.25. The summed E-state index contributed by atoms with van der Waals surface area (Å²) in [6.45, 7) is 7.45. The molecule has 7 nitrogen and oxygen atoms in total. The fourth-order valence-corrected chi connectivity index (χ4v) is 3.20. The Morgan fingerprint density at radius 1 is 1.41 bits per heavy atom. The number of phenols is 1. The van der Waals surface area contributed by atoms with E-state index < -0.39 is 11.7 Å². The monoisotopic (exact) mass is 393 g/mol. The van der Waals surface area contributed by atoms with E-state index in [1.807, 2.05) is 31.7 Å². The lowest BCUT2D eigenvalue weighted by Crippen LogP contribution is -2.46. The van der Waals surface area contributed by atoms with Crippen molar-refractivity contribution in [1.82, 2.24) is 10.3 Å². The summed E-state index contributed by atoms with van der Waals surface area (Å²) >= 11 is 6.19. The number of carbonyl (C=O) groups excluding carboxylic acids is 1. The molecule has 0 bridgehead atoms. The van der Waals surface area contributed by atoms with Gasteiger partial charge in [-0.25, -0.2) is 9.78 Å². The second-order valence-electron chi connectivity index (χ2n) is 7.54. The number of nitrogens with one attached hydrogen (secondary N) is 1. The number of ether oxygens (including phenoxy) is 2. The lowest BCUT2D eigenvalue weighted by molar-refractivity contribution is 0.0466. The van der Waals surface area contributed by atoms with Crippen molar-refractivity contribution in [2.75, 3.05) is 31.2 Å². The van der Waals surface area contributed by atoms with Crippen molar-refractivity contribution in [1.29, 1.82) is 0 Å². The van der Waals surface area contributed by atoms with Crippen LogP contribution in [0.5, 0.6) is 5.75 Å². The molecule has 1 aromatic carbocycles. The van der Waals surface area contributed by atoms with E-state index in [-0.39, 0.29) is 11.8 Å². The maximum absolute atomic E-state index is 12.1. The molecule has 1 aliphatic rings. The maximum atomic E-state index is 12.1. The largest absolute Gasteiger partial charge is 0.508 e. The standard InChI is InChI=1S/C19H24ClN3O4/c1-19(2,3)27-18(25)21-13-10-23(6-7-26-11-13)17-15-5-4-14(24)8-12(15)9-16(20)22-17/h4-5,8-9,13,24H,6-7,10-11H2,1-3H3,(H,21,25)/t13-/m1/s1. The van der Waals surface area contributed by atoms with E-state index in [9.17, 15) is 9.90 Å². The van der Waals surface area contributed by atoms with Gasteiger partial charge in [0.1, 0.15) is 22.3 Å². The third-order valence-electron chi connectivity index (χ3n) is 4.05. The second-order valence-corrected chi connectivity index (χ2v) is 7.93. The Morgan fingerprint density at radius 3 is 2.93 bits per heavy atom. The first-order valence-electron chi connectivity index (χ1n) is 8.83. The zero-order chi connectivity index (χ0) is 19.6. The molecule has 0 radical (unpaired) electrons. The second kappa shape index (κ2) is 7.78. The number of carbonyl (C=O) groups is 1. The predicted molar refractivity (Wildman–Crippen MR) is 105 cm³/mol. The number of hydrogen-bond donors (Lipinski definition) is 2. The Labute approximate surface area is 163 Å². The van der Waals surface area contributed by atoms with E-state index in [4.69, 9.17) is 21.1 Å². The van der Waals surface area contributed by atoms with Gasteiger partial charge in [0.05, 0.1) is 19.3 Å². The summed E-state index contributed by atoms with van der Waals surface area (Å²) in [7, 11) is 0. The summed E-state index contributed by atoms with van der Waals surface area (Å²) < 4.78 is 11.0. The summed E-state index contributed by atoms with van der Waals surface area (Å²) in [6, 6.07) is 6.54.